The van der Waals surface area contributed by atoms with Crippen LogP contribution in [0.1, 0.15) is 44.9 Å². The Bertz CT molecular complexity index is 347. The minimum Gasteiger partial charge on any atom is -0.480 e. The van der Waals surface area contributed by atoms with Gasteiger partial charge in [-0.25, -0.2) is 0 Å². The first-order valence-corrected chi connectivity index (χ1v) is 7.28. The van der Waals surface area contributed by atoms with Crippen LogP contribution in [0.2, 0.25) is 0 Å². The molecule has 0 aliphatic heterocycles. The van der Waals surface area contributed by atoms with Crippen LogP contribution in [0.3, 0.4) is 0 Å². The lowest BCUT2D eigenvalue weighted by molar-refractivity contribution is -0.162. The monoisotopic (exact) mass is 268 g/mol. The second-order valence-corrected chi connectivity index (χ2v) is 5.92. The molecule has 0 heterocycles. The number of likely N-dealkylation sites (N-methyl/N-ethyl adjacent to an activating group) is 1. The van der Waals surface area contributed by atoms with Crippen molar-refractivity contribution in [1.29, 1.82) is 0 Å². The number of carbonyl (C=O) groups is 2. The van der Waals surface area contributed by atoms with Crippen LogP contribution >= 0.6 is 0 Å². The van der Waals surface area contributed by atoms with Gasteiger partial charge >= 0.3 is 5.97 Å². The van der Waals surface area contributed by atoms with Crippen LogP contribution in [0.4, 0.5) is 0 Å². The summed E-state index contributed by atoms with van der Waals surface area (Å²) < 4.78 is 0. The molecular formula is C14H24N2O3. The van der Waals surface area contributed by atoms with Crippen LogP contribution in [0.15, 0.2) is 0 Å². The molecule has 1 amide bonds. The van der Waals surface area contributed by atoms with E-state index in [0.29, 0.717) is 25.4 Å². The molecule has 2 saturated carbocycles. The molecule has 0 aromatic carbocycles. The third kappa shape index (κ3) is 2.91. The van der Waals surface area contributed by atoms with E-state index in [2.05, 4.69) is 17.3 Å². The highest BCUT2D eigenvalue weighted by atomic mass is 16.4. The molecule has 0 atom stereocenters. The Hall–Kier alpha value is -1.10. The summed E-state index contributed by atoms with van der Waals surface area (Å²) in [6, 6.07) is 0.633. The fourth-order valence-corrected chi connectivity index (χ4v) is 3.11. The summed E-state index contributed by atoms with van der Waals surface area (Å²) in [5.41, 5.74) is -1.13. The number of nitrogens with one attached hydrogen (secondary N) is 1. The number of nitrogens with zero attached hydrogens (tertiary/aromatic N) is 1. The number of hydrogen-bond acceptors (Lipinski definition) is 3. The standard InChI is InChI=1S/C14H24N2O3/c1-16(11-5-2-3-6-11)10-9-15-12(17)14(13(18)19)7-4-8-14/h11H,2-10H2,1H3,(H,15,17)(H,18,19). The van der Waals surface area contributed by atoms with Crippen molar-refractivity contribution >= 4 is 11.9 Å². The Labute approximate surface area is 114 Å². The normalized spacial score (nSPS) is 22.2. The molecule has 0 bridgehead atoms. The number of carbonyl (C=O) groups excluding carboxylic acids is 1. The SMILES string of the molecule is CN(CCNC(=O)C1(C(=O)O)CCC1)C1CCCC1. The van der Waals surface area contributed by atoms with Crippen molar-refractivity contribution < 1.29 is 14.7 Å². The van der Waals surface area contributed by atoms with E-state index in [1.165, 1.54) is 25.7 Å². The highest BCUT2D eigenvalue weighted by molar-refractivity contribution is 6.02. The first-order valence-electron chi connectivity index (χ1n) is 7.28. The summed E-state index contributed by atoms with van der Waals surface area (Å²) in [5, 5.41) is 12.0. The average Bonchev–Trinajstić information content (AvgIpc) is 2.79. The van der Waals surface area contributed by atoms with Gasteiger partial charge in [0.15, 0.2) is 0 Å². The number of hydrogen-bond donors (Lipinski definition) is 2. The number of carboxylic acids is 1. The molecule has 19 heavy (non-hydrogen) atoms. The Morgan fingerprint density at radius 2 is 1.89 bits per heavy atom. The van der Waals surface area contributed by atoms with E-state index in [9.17, 15) is 9.59 Å². The number of aliphatic carboxylic acids is 1. The van der Waals surface area contributed by atoms with Crippen LogP contribution in [0.25, 0.3) is 0 Å². The fraction of sp³-hybridized carbons (Fsp3) is 0.857. The van der Waals surface area contributed by atoms with Gasteiger partial charge in [-0.2, -0.15) is 0 Å². The molecule has 2 aliphatic carbocycles. The largest absolute Gasteiger partial charge is 0.480 e. The number of rotatable bonds is 6. The lowest BCUT2D eigenvalue weighted by Gasteiger charge is -2.36. The molecule has 2 N–H and O–H groups in total. The maximum absolute atomic E-state index is 12.0. The Balaban J connectivity index is 1.73. The number of amides is 1. The van der Waals surface area contributed by atoms with Gasteiger partial charge in [-0.15, -0.1) is 0 Å². The molecular weight excluding hydrogens is 244 g/mol. The maximum atomic E-state index is 12.0. The van der Waals surface area contributed by atoms with Gasteiger partial charge in [0, 0.05) is 19.1 Å². The molecule has 0 unspecified atom stereocenters. The summed E-state index contributed by atoms with van der Waals surface area (Å²) in [6.45, 7) is 1.34. The van der Waals surface area contributed by atoms with Crippen molar-refractivity contribution in [2.24, 2.45) is 5.41 Å². The lowest BCUT2D eigenvalue weighted by Crippen LogP contribution is -2.52. The van der Waals surface area contributed by atoms with Crippen molar-refractivity contribution in [2.75, 3.05) is 20.1 Å². The predicted molar refractivity (Wildman–Crippen MR) is 71.8 cm³/mol. The highest BCUT2D eigenvalue weighted by Crippen LogP contribution is 2.41. The zero-order valence-corrected chi connectivity index (χ0v) is 11.7. The molecule has 0 aromatic rings. The minimum absolute atomic E-state index is 0.300. The molecule has 2 rings (SSSR count). The van der Waals surface area contributed by atoms with Gasteiger partial charge in [0.25, 0.3) is 0 Å². The summed E-state index contributed by atoms with van der Waals surface area (Å²) in [4.78, 5) is 25.4. The van der Waals surface area contributed by atoms with E-state index in [0.717, 1.165) is 13.0 Å². The van der Waals surface area contributed by atoms with Crippen LogP contribution in [0.5, 0.6) is 0 Å². The first-order chi connectivity index (χ1) is 9.06. The molecule has 2 fully saturated rings. The van der Waals surface area contributed by atoms with Crippen molar-refractivity contribution in [3.63, 3.8) is 0 Å². The van der Waals surface area contributed by atoms with E-state index in [4.69, 9.17) is 5.11 Å². The molecule has 0 saturated heterocycles. The zero-order chi connectivity index (χ0) is 13.9. The smallest absolute Gasteiger partial charge is 0.319 e. The Kier molecular flexibility index (Phi) is 4.45. The molecule has 0 aromatic heterocycles. The molecule has 5 nitrogen and oxygen atoms in total. The minimum atomic E-state index is -1.13. The molecule has 0 spiro atoms. The van der Waals surface area contributed by atoms with E-state index >= 15 is 0 Å². The van der Waals surface area contributed by atoms with Crippen molar-refractivity contribution in [3.05, 3.63) is 0 Å². The van der Waals surface area contributed by atoms with Gasteiger partial charge < -0.3 is 15.3 Å². The van der Waals surface area contributed by atoms with E-state index in [1.807, 2.05) is 0 Å². The van der Waals surface area contributed by atoms with Crippen molar-refractivity contribution in [2.45, 2.75) is 51.0 Å². The summed E-state index contributed by atoms with van der Waals surface area (Å²) in [7, 11) is 2.08. The van der Waals surface area contributed by atoms with Gasteiger partial charge in [-0.3, -0.25) is 9.59 Å². The second kappa shape index (κ2) is 5.90. The van der Waals surface area contributed by atoms with E-state index in [1.54, 1.807) is 0 Å². The number of carboxylic acid groups (broad SMARTS) is 1. The summed E-state index contributed by atoms with van der Waals surface area (Å²) in [5.74, 6) is -1.27. The van der Waals surface area contributed by atoms with Gasteiger partial charge in [0.1, 0.15) is 5.41 Å². The topological polar surface area (TPSA) is 69.6 Å². The van der Waals surface area contributed by atoms with Crippen LogP contribution in [-0.2, 0) is 9.59 Å². The van der Waals surface area contributed by atoms with Gasteiger partial charge in [0.05, 0.1) is 0 Å². The molecule has 5 heteroatoms. The van der Waals surface area contributed by atoms with E-state index in [-0.39, 0.29) is 5.91 Å². The van der Waals surface area contributed by atoms with Crippen LogP contribution < -0.4 is 5.32 Å². The second-order valence-electron chi connectivity index (χ2n) is 5.92. The van der Waals surface area contributed by atoms with E-state index < -0.39 is 11.4 Å². The average molecular weight is 268 g/mol. The summed E-state index contributed by atoms with van der Waals surface area (Å²) >= 11 is 0. The zero-order valence-electron chi connectivity index (χ0n) is 11.7. The first kappa shape index (κ1) is 14.3. The lowest BCUT2D eigenvalue weighted by atomic mass is 9.68. The Morgan fingerprint density at radius 3 is 2.37 bits per heavy atom. The summed E-state index contributed by atoms with van der Waals surface area (Å²) in [6.07, 6.45) is 6.86. The van der Waals surface area contributed by atoms with Crippen molar-refractivity contribution in [1.82, 2.24) is 10.2 Å². The fourth-order valence-electron chi connectivity index (χ4n) is 3.11. The van der Waals surface area contributed by atoms with Gasteiger partial charge in [-0.05, 0) is 32.7 Å². The quantitative estimate of drug-likeness (QED) is 0.711. The van der Waals surface area contributed by atoms with Crippen LogP contribution in [0, 0.1) is 5.41 Å². The third-order valence-corrected chi connectivity index (χ3v) is 4.75. The molecule has 108 valence electrons. The maximum Gasteiger partial charge on any atom is 0.319 e. The van der Waals surface area contributed by atoms with Crippen LogP contribution in [-0.4, -0.2) is 48.1 Å². The van der Waals surface area contributed by atoms with Gasteiger partial charge in [-0.1, -0.05) is 19.3 Å². The van der Waals surface area contributed by atoms with Gasteiger partial charge in [0.2, 0.25) is 5.91 Å². The Morgan fingerprint density at radius 1 is 1.26 bits per heavy atom. The molecule has 2 aliphatic rings. The molecule has 0 radical (unpaired) electrons. The highest BCUT2D eigenvalue weighted by Gasteiger charge is 2.50. The predicted octanol–water partition coefficient (Wildman–Crippen LogP) is 1.23. The third-order valence-electron chi connectivity index (χ3n) is 4.75. The van der Waals surface area contributed by atoms with Crippen molar-refractivity contribution in [3.8, 4) is 0 Å².